The molecule has 12 rings (SSSR count). The van der Waals surface area contributed by atoms with Gasteiger partial charge in [0.2, 0.25) is 23.0 Å². The molecule has 2 aliphatic rings. The zero-order valence-electron chi connectivity index (χ0n) is 55.1. The molecule has 100 heavy (non-hydrogen) atoms. The number of carbonyl (C=O) groups excluding carboxylic acids is 4. The Balaban J connectivity index is 0.000000208. The van der Waals surface area contributed by atoms with Gasteiger partial charge in [0, 0.05) is 108 Å². The van der Waals surface area contributed by atoms with Gasteiger partial charge in [-0.25, -0.2) is 44.7 Å². The fourth-order valence-corrected chi connectivity index (χ4v) is 14.4. The predicted octanol–water partition coefficient (Wildman–Crippen LogP) is 7.51. The van der Waals surface area contributed by atoms with Gasteiger partial charge in [0.1, 0.15) is 0 Å². The van der Waals surface area contributed by atoms with Crippen LogP contribution in [0.3, 0.4) is 0 Å². The normalized spacial score (nSPS) is 13.8. The fraction of sp³-hybridized carbons (Fsp3) is 0.222. The summed E-state index contributed by atoms with van der Waals surface area (Å²) in [6.07, 6.45) is 15.3. The van der Waals surface area contributed by atoms with E-state index in [9.17, 15) is 36.0 Å². The van der Waals surface area contributed by atoms with Crippen molar-refractivity contribution in [1.29, 1.82) is 0 Å². The minimum absolute atomic E-state index is 0. The molecule has 2 fully saturated rings. The van der Waals surface area contributed by atoms with Gasteiger partial charge in [-0.2, -0.15) is 0 Å². The number of aromatic nitrogens is 6. The topological polar surface area (TPSA) is 274 Å². The molecule has 2 aliphatic heterocycles. The number of likely N-dealkylation sites (N-methyl/N-ethyl adjacent to an activating group) is 2. The molecule has 10 aromatic rings. The lowest BCUT2D eigenvalue weighted by Gasteiger charge is -2.32. The minimum atomic E-state index is -3.88. The molecular weight excluding hydrogens is 1390 g/mol. The molecule has 2 saturated heterocycles. The van der Waals surface area contributed by atoms with E-state index in [1.54, 1.807) is 158 Å². The van der Waals surface area contributed by atoms with Crippen LogP contribution in [0.5, 0.6) is 0 Å². The summed E-state index contributed by atoms with van der Waals surface area (Å²) in [5.41, 5.74) is 11.2. The molecule has 6 N–H and O–H groups in total. The third-order valence-electron chi connectivity index (χ3n) is 16.3. The molecule has 6 heterocycles. The number of halogens is 4. The summed E-state index contributed by atoms with van der Waals surface area (Å²) in [7, 11) is 0.117. The van der Waals surface area contributed by atoms with E-state index in [0.29, 0.717) is 129 Å². The molecular formula is C72H74Cl4N14O8S2. The number of anilines is 4. The van der Waals surface area contributed by atoms with Crippen molar-refractivity contribution >= 4 is 123 Å². The summed E-state index contributed by atoms with van der Waals surface area (Å²) >= 11 is 18.2. The number of allylic oxidation sites excluding steroid dienone is 1. The number of hydrogen-bond acceptors (Lipinski definition) is 16. The molecule has 0 spiro atoms. The van der Waals surface area contributed by atoms with E-state index in [0.717, 1.165) is 19.4 Å². The van der Waals surface area contributed by atoms with Gasteiger partial charge in [0.15, 0.2) is 0 Å². The molecule has 0 bridgehead atoms. The van der Waals surface area contributed by atoms with Crippen LogP contribution in [0.25, 0.3) is 44.3 Å². The summed E-state index contributed by atoms with van der Waals surface area (Å²) in [4.78, 5) is 73.8. The van der Waals surface area contributed by atoms with Gasteiger partial charge in [-0.1, -0.05) is 102 Å². The molecule has 0 atom stereocenters. The number of hydrogen-bond donors (Lipinski definition) is 5. The Kier molecular flexibility index (Phi) is 25.4. The molecule has 0 saturated carbocycles. The van der Waals surface area contributed by atoms with E-state index in [-0.39, 0.29) is 57.0 Å². The highest BCUT2D eigenvalue weighted by atomic mass is 35.5. The number of piperidine rings is 2. The minimum Gasteiger partial charge on any atom is -1.00 e. The lowest BCUT2D eigenvalue weighted by Crippen LogP contribution is -3.05. The molecule has 22 nitrogen and oxygen atoms in total. The summed E-state index contributed by atoms with van der Waals surface area (Å²) in [5.74, 6) is 0.427. The number of likely N-dealkylation sites (tertiary alicyclic amines) is 2. The van der Waals surface area contributed by atoms with Crippen LogP contribution < -0.4 is 39.0 Å². The molecule has 4 aromatic heterocycles. The first-order valence-corrected chi connectivity index (χ1v) is 35.8. The number of fused-ring (bicyclic) bond motifs is 2. The van der Waals surface area contributed by atoms with Crippen molar-refractivity contribution in [3.63, 3.8) is 0 Å². The number of para-hydroxylation sites is 2. The second-order valence-electron chi connectivity index (χ2n) is 24.0. The van der Waals surface area contributed by atoms with Crippen molar-refractivity contribution < 1.29 is 53.3 Å². The maximum Gasteiger partial charge on any atom is 0.268 e. The van der Waals surface area contributed by atoms with Gasteiger partial charge in [-0.3, -0.25) is 19.2 Å². The highest BCUT2D eigenvalue weighted by Crippen LogP contribution is 2.38. The second kappa shape index (κ2) is 34.0. The first-order chi connectivity index (χ1) is 47.5. The molecule has 0 unspecified atom stereocenters. The average molecular weight is 1470 g/mol. The van der Waals surface area contributed by atoms with Gasteiger partial charge < -0.3 is 53.7 Å². The van der Waals surface area contributed by atoms with Crippen molar-refractivity contribution in [2.45, 2.75) is 47.6 Å². The number of amides is 3. The highest BCUT2D eigenvalue weighted by Gasteiger charge is 2.29. The van der Waals surface area contributed by atoms with Gasteiger partial charge in [0.25, 0.3) is 31.9 Å². The third kappa shape index (κ3) is 18.7. The maximum atomic E-state index is 13.6. The summed E-state index contributed by atoms with van der Waals surface area (Å²) in [6.45, 7) is 3.75. The van der Waals surface area contributed by atoms with Gasteiger partial charge >= 0.3 is 0 Å². The Hall–Kier alpha value is -9.50. The van der Waals surface area contributed by atoms with Crippen LogP contribution in [-0.4, -0.2) is 162 Å². The van der Waals surface area contributed by atoms with Crippen LogP contribution in [0, 0.1) is 0 Å². The van der Waals surface area contributed by atoms with Crippen LogP contribution in [0.1, 0.15) is 46.4 Å². The zero-order valence-corrected chi connectivity index (χ0v) is 59.7. The second-order valence-corrected chi connectivity index (χ2v) is 28.8. The molecule has 0 aliphatic carbocycles. The molecule has 0 radical (unpaired) electrons. The number of carbonyl (C=O) groups is 4. The third-order valence-corrected chi connectivity index (χ3v) is 20.3. The van der Waals surface area contributed by atoms with Crippen LogP contribution >= 0.6 is 34.8 Å². The SMILES string of the molecule is CN(C)C/C=C/C(=O)Nc1ccc(C(=O)N2CCC(Nc3ncc(Cl)c(-c4cn(S(=O)(=O)c5ccccc5)c5ccccc45)n3)CC2)cc1.C[NH+](C)C/C=C/C(=O)Cl.Nc1ccc(C(=O)N2CCC(Nc3ncc(Cl)c(-c4cn(S(=O)(=O)c5ccccc5)c5ccccc45)n3)CC2)cc1.[Cl-]. The van der Waals surface area contributed by atoms with Gasteiger partial charge in [-0.15, -0.1) is 0 Å². The lowest BCUT2D eigenvalue weighted by atomic mass is 10.0. The van der Waals surface area contributed by atoms with Crippen LogP contribution in [-0.2, 0) is 29.6 Å². The maximum absolute atomic E-state index is 13.6. The van der Waals surface area contributed by atoms with Gasteiger partial charge in [-0.05, 0) is 148 Å². The Morgan fingerprint density at radius 1 is 0.580 bits per heavy atom. The number of nitrogens with zero attached hydrogens (tertiary/aromatic N) is 9. The van der Waals surface area contributed by atoms with E-state index in [4.69, 9.17) is 50.5 Å². The van der Waals surface area contributed by atoms with E-state index in [1.165, 1.54) is 37.4 Å². The first-order valence-electron chi connectivity index (χ1n) is 31.8. The number of benzene rings is 6. The van der Waals surface area contributed by atoms with E-state index >= 15 is 0 Å². The van der Waals surface area contributed by atoms with Crippen LogP contribution in [0.15, 0.2) is 217 Å². The average Bonchev–Trinajstić information content (AvgIpc) is 1.60. The Bertz CT molecular complexity index is 4820. The highest BCUT2D eigenvalue weighted by molar-refractivity contribution is 7.90. The quantitative estimate of drug-likeness (QED) is 0.0298. The number of rotatable bonds is 19. The first kappa shape index (κ1) is 74.7. The van der Waals surface area contributed by atoms with E-state index in [2.05, 4.69) is 25.9 Å². The zero-order chi connectivity index (χ0) is 70.4. The molecule has 28 heteroatoms. The van der Waals surface area contributed by atoms with Crippen molar-refractivity contribution in [1.82, 2.24) is 42.6 Å². The Morgan fingerprint density at radius 2 is 0.990 bits per heavy atom. The Morgan fingerprint density at radius 3 is 1.40 bits per heavy atom. The summed E-state index contributed by atoms with van der Waals surface area (Å²) in [6, 6.07) is 44.9. The smallest absolute Gasteiger partial charge is 0.268 e. The Labute approximate surface area is 602 Å². The van der Waals surface area contributed by atoms with Crippen molar-refractivity contribution in [3.05, 3.63) is 228 Å². The fourth-order valence-electron chi connectivity index (χ4n) is 11.2. The van der Waals surface area contributed by atoms with E-state index < -0.39 is 25.3 Å². The largest absolute Gasteiger partial charge is 1.00 e. The van der Waals surface area contributed by atoms with Crippen LogP contribution in [0.4, 0.5) is 23.3 Å². The predicted molar refractivity (Wildman–Crippen MR) is 390 cm³/mol. The lowest BCUT2D eigenvalue weighted by molar-refractivity contribution is -0.851. The summed E-state index contributed by atoms with van der Waals surface area (Å²) in [5, 5.41) is 11.1. The van der Waals surface area contributed by atoms with Crippen molar-refractivity contribution in [3.8, 4) is 22.5 Å². The number of nitrogens with one attached hydrogen (secondary N) is 4. The summed E-state index contributed by atoms with van der Waals surface area (Å²) < 4.78 is 56.8. The van der Waals surface area contributed by atoms with E-state index in [1.807, 2.05) is 67.2 Å². The van der Waals surface area contributed by atoms with Crippen LogP contribution in [0.2, 0.25) is 10.0 Å². The number of quaternary nitrogens is 1. The number of nitrogen functional groups attached to an aromatic ring is 1. The van der Waals surface area contributed by atoms with Crippen molar-refractivity contribution in [2.24, 2.45) is 0 Å². The van der Waals surface area contributed by atoms with Crippen molar-refractivity contribution in [2.75, 3.05) is 89.1 Å². The molecule has 3 amide bonds. The molecule has 6 aromatic carbocycles. The number of nitrogens with two attached hydrogens (primary N) is 1. The monoisotopic (exact) mass is 1470 g/mol. The van der Waals surface area contributed by atoms with Gasteiger partial charge in [0.05, 0.1) is 75.3 Å². The standard InChI is InChI=1S/C36H36ClN7O4S.C30H27ClN6O3S.C6H10ClNO.ClH/c1-42(2)20-8-13-33(45)39-26-16-14-25(15-17-26)35(46)43-21-18-27(19-22-43)40-36-38-23-31(37)34(41-36)30-24-44(32-12-7-6-11-29(30)32)49(47,48)28-9-4-3-5-10-28;31-26-18-33-30(34-22-14-16-36(17-15-22)29(38)20-10-12-21(32)13-11-20)35-28(26)25-19-37(27-9-5-4-8-24(25)27)41(39,40)23-6-2-1-3-7-23;1-8(2)5-3-4-6(7)9;/h3-17,23-24,27H,18-22H2,1-2H3,(H,39,45)(H,38,40,41);1-13,18-19,22H,14-17,32H2,(H,33,34,35);3-4H,5H2,1-2H3;1H/b13-8+;;4-3+;. The molecule has 520 valence electrons.